The van der Waals surface area contributed by atoms with Crippen LogP contribution in [0.15, 0.2) is 35.4 Å². The lowest BCUT2D eigenvalue weighted by molar-refractivity contribution is -0.384. The van der Waals surface area contributed by atoms with Crippen molar-refractivity contribution in [2.24, 2.45) is 0 Å². The fourth-order valence-electron chi connectivity index (χ4n) is 1.88. The molecule has 114 valence electrons. The molecular weight excluding hydrogens is 288 g/mol. The van der Waals surface area contributed by atoms with Crippen LogP contribution in [0.3, 0.4) is 0 Å². The van der Waals surface area contributed by atoms with Gasteiger partial charge in [0.2, 0.25) is 5.91 Å². The largest absolute Gasteiger partial charge is 0.324 e. The molecule has 0 aliphatic rings. The number of amides is 1. The van der Waals surface area contributed by atoms with Gasteiger partial charge in [-0.2, -0.15) is 0 Å². The number of hydrogen-bond donors (Lipinski definition) is 1. The van der Waals surface area contributed by atoms with Gasteiger partial charge in [-0.05, 0) is 25.5 Å². The van der Waals surface area contributed by atoms with Gasteiger partial charge in [0, 0.05) is 29.6 Å². The summed E-state index contributed by atoms with van der Waals surface area (Å²) in [4.78, 5) is 37.8. The summed E-state index contributed by atoms with van der Waals surface area (Å²) < 4.78 is 1.18. The van der Waals surface area contributed by atoms with Crippen molar-refractivity contribution in [3.05, 3.63) is 62.3 Å². The molecule has 1 amide bonds. The SMILES string of the molecule is Cc1cc(=O)n(CC(=O)Nc2ccc([N+](=O)[O-])cc2C)cn1. The monoisotopic (exact) mass is 302 g/mol. The number of carbonyl (C=O) groups excluding carboxylic acids is 1. The number of carbonyl (C=O) groups is 1. The van der Waals surface area contributed by atoms with Crippen molar-refractivity contribution in [1.29, 1.82) is 0 Å². The van der Waals surface area contributed by atoms with Crippen LogP contribution in [0.1, 0.15) is 11.3 Å². The van der Waals surface area contributed by atoms with Gasteiger partial charge < -0.3 is 5.32 Å². The average molecular weight is 302 g/mol. The summed E-state index contributed by atoms with van der Waals surface area (Å²) in [6, 6.07) is 5.48. The molecule has 2 rings (SSSR count). The number of anilines is 1. The van der Waals surface area contributed by atoms with E-state index in [9.17, 15) is 19.7 Å². The van der Waals surface area contributed by atoms with Gasteiger partial charge in [-0.25, -0.2) is 4.98 Å². The maximum atomic E-state index is 12.0. The summed E-state index contributed by atoms with van der Waals surface area (Å²) in [5, 5.41) is 13.3. The van der Waals surface area contributed by atoms with E-state index in [1.54, 1.807) is 13.8 Å². The summed E-state index contributed by atoms with van der Waals surface area (Å²) in [5.74, 6) is -0.412. The number of non-ortho nitro benzene ring substituents is 1. The van der Waals surface area contributed by atoms with Crippen LogP contribution in [0.5, 0.6) is 0 Å². The number of benzene rings is 1. The number of nitro groups is 1. The predicted octanol–water partition coefficient (Wildman–Crippen LogP) is 1.41. The third-order valence-electron chi connectivity index (χ3n) is 3.03. The highest BCUT2D eigenvalue weighted by molar-refractivity contribution is 5.91. The summed E-state index contributed by atoms with van der Waals surface area (Å²) in [6.07, 6.45) is 1.31. The normalized spacial score (nSPS) is 10.3. The van der Waals surface area contributed by atoms with Crippen LogP contribution in [0, 0.1) is 24.0 Å². The number of aromatic nitrogens is 2. The second kappa shape index (κ2) is 6.17. The third-order valence-corrected chi connectivity index (χ3v) is 3.03. The average Bonchev–Trinajstić information content (AvgIpc) is 2.44. The van der Waals surface area contributed by atoms with Crippen molar-refractivity contribution >= 4 is 17.3 Å². The van der Waals surface area contributed by atoms with E-state index in [1.807, 2.05) is 0 Å². The van der Waals surface area contributed by atoms with E-state index >= 15 is 0 Å². The maximum absolute atomic E-state index is 12.0. The number of nitro benzene ring substituents is 1. The van der Waals surface area contributed by atoms with Gasteiger partial charge in [-0.3, -0.25) is 24.3 Å². The summed E-state index contributed by atoms with van der Waals surface area (Å²) >= 11 is 0. The minimum atomic E-state index is -0.504. The second-order valence-corrected chi connectivity index (χ2v) is 4.80. The van der Waals surface area contributed by atoms with Gasteiger partial charge in [0.25, 0.3) is 11.2 Å². The molecule has 2 aromatic rings. The summed E-state index contributed by atoms with van der Waals surface area (Å²) in [7, 11) is 0. The van der Waals surface area contributed by atoms with Crippen LogP contribution in [0.2, 0.25) is 0 Å². The highest BCUT2D eigenvalue weighted by Crippen LogP contribution is 2.21. The van der Waals surface area contributed by atoms with Gasteiger partial charge in [0.1, 0.15) is 6.54 Å². The first-order chi connectivity index (χ1) is 10.4. The summed E-state index contributed by atoms with van der Waals surface area (Å²) in [5.41, 5.74) is 1.24. The second-order valence-electron chi connectivity index (χ2n) is 4.80. The molecule has 1 heterocycles. The Morgan fingerprint density at radius 3 is 2.68 bits per heavy atom. The Bertz CT molecular complexity index is 798. The molecular formula is C14H14N4O4. The molecule has 0 spiro atoms. The van der Waals surface area contributed by atoms with Crippen molar-refractivity contribution in [1.82, 2.24) is 9.55 Å². The number of nitrogens with zero attached hydrogens (tertiary/aromatic N) is 3. The van der Waals surface area contributed by atoms with E-state index < -0.39 is 10.8 Å². The van der Waals surface area contributed by atoms with E-state index in [2.05, 4.69) is 10.3 Å². The van der Waals surface area contributed by atoms with Crippen LogP contribution < -0.4 is 10.9 Å². The first-order valence-corrected chi connectivity index (χ1v) is 6.45. The quantitative estimate of drug-likeness (QED) is 0.678. The van der Waals surface area contributed by atoms with Crippen molar-refractivity contribution in [3.63, 3.8) is 0 Å². The third kappa shape index (κ3) is 3.54. The van der Waals surface area contributed by atoms with Crippen LogP contribution in [0.4, 0.5) is 11.4 Å². The first-order valence-electron chi connectivity index (χ1n) is 6.45. The Morgan fingerprint density at radius 2 is 2.09 bits per heavy atom. The first kappa shape index (κ1) is 15.4. The van der Waals surface area contributed by atoms with Crippen molar-refractivity contribution in [2.75, 3.05) is 5.32 Å². The zero-order chi connectivity index (χ0) is 16.3. The minimum Gasteiger partial charge on any atom is -0.324 e. The number of nitrogens with one attached hydrogen (secondary N) is 1. The Hall–Kier alpha value is -3.03. The molecule has 8 heteroatoms. The van der Waals surface area contributed by atoms with E-state index in [0.717, 1.165) is 0 Å². The zero-order valence-corrected chi connectivity index (χ0v) is 12.1. The Labute approximate surface area is 125 Å². The number of rotatable bonds is 4. The molecule has 0 saturated carbocycles. The van der Waals surface area contributed by atoms with Crippen molar-refractivity contribution < 1.29 is 9.72 Å². The zero-order valence-electron chi connectivity index (χ0n) is 12.1. The fourth-order valence-corrected chi connectivity index (χ4v) is 1.88. The standard InChI is InChI=1S/C14H14N4O4/c1-9-5-11(18(21)22)3-4-12(9)16-13(19)7-17-8-15-10(2)6-14(17)20/h3-6,8H,7H2,1-2H3,(H,16,19). The van der Waals surface area contributed by atoms with Crippen molar-refractivity contribution in [3.8, 4) is 0 Å². The molecule has 1 N–H and O–H groups in total. The molecule has 1 aromatic heterocycles. The highest BCUT2D eigenvalue weighted by atomic mass is 16.6. The van der Waals surface area contributed by atoms with Gasteiger partial charge in [0.05, 0.1) is 11.3 Å². The smallest absolute Gasteiger partial charge is 0.269 e. The molecule has 8 nitrogen and oxygen atoms in total. The van der Waals surface area contributed by atoms with Crippen LogP contribution in [-0.4, -0.2) is 20.4 Å². The van der Waals surface area contributed by atoms with E-state index in [-0.39, 0.29) is 17.8 Å². The number of hydrogen-bond acceptors (Lipinski definition) is 5. The molecule has 0 fully saturated rings. The van der Waals surface area contributed by atoms with E-state index in [4.69, 9.17) is 0 Å². The van der Waals surface area contributed by atoms with Crippen LogP contribution in [0.25, 0.3) is 0 Å². The molecule has 0 radical (unpaired) electrons. The lowest BCUT2D eigenvalue weighted by atomic mass is 10.2. The fraction of sp³-hybridized carbons (Fsp3) is 0.214. The maximum Gasteiger partial charge on any atom is 0.269 e. The molecule has 0 bridgehead atoms. The Balaban J connectivity index is 2.12. The molecule has 0 unspecified atom stereocenters. The lowest BCUT2D eigenvalue weighted by Crippen LogP contribution is -2.27. The van der Waals surface area contributed by atoms with Gasteiger partial charge in [-0.1, -0.05) is 0 Å². The van der Waals surface area contributed by atoms with Crippen molar-refractivity contribution in [2.45, 2.75) is 20.4 Å². The lowest BCUT2D eigenvalue weighted by Gasteiger charge is -2.09. The number of aryl methyl sites for hydroxylation is 2. The van der Waals surface area contributed by atoms with Gasteiger partial charge in [-0.15, -0.1) is 0 Å². The van der Waals surface area contributed by atoms with Crippen LogP contribution in [-0.2, 0) is 11.3 Å². The van der Waals surface area contributed by atoms with Gasteiger partial charge in [0.15, 0.2) is 0 Å². The topological polar surface area (TPSA) is 107 Å². The molecule has 0 aliphatic heterocycles. The Morgan fingerprint density at radius 1 is 1.36 bits per heavy atom. The molecule has 0 saturated heterocycles. The van der Waals surface area contributed by atoms with E-state index in [0.29, 0.717) is 16.9 Å². The molecule has 0 aliphatic carbocycles. The Kier molecular flexibility index (Phi) is 4.31. The van der Waals surface area contributed by atoms with Gasteiger partial charge >= 0.3 is 0 Å². The minimum absolute atomic E-state index is 0.0468. The summed E-state index contributed by atoms with van der Waals surface area (Å²) in [6.45, 7) is 3.16. The van der Waals surface area contributed by atoms with Crippen LogP contribution >= 0.6 is 0 Å². The van der Waals surface area contributed by atoms with E-state index in [1.165, 1.54) is 35.2 Å². The molecule has 0 atom stereocenters. The highest BCUT2D eigenvalue weighted by Gasteiger charge is 2.11. The predicted molar refractivity (Wildman–Crippen MR) is 79.7 cm³/mol. The molecule has 22 heavy (non-hydrogen) atoms. The molecule has 1 aromatic carbocycles.